The lowest BCUT2D eigenvalue weighted by Gasteiger charge is -2.31. The molecule has 138 valence electrons. The summed E-state index contributed by atoms with van der Waals surface area (Å²) in [6.45, 7) is 6.66. The van der Waals surface area contributed by atoms with Gasteiger partial charge in [-0.05, 0) is 41.9 Å². The standard InChI is InChI=1S/C20H27NO3.ClH/c1-4-21-14(2)10-20-23-12-16(13-24-20)18-7-5-6-15-11-17(22-3)8-9-19(15)18;/h5-9,11,14,16,20-21H,4,10,12-13H2,1-3H3;1H. The van der Waals surface area contributed by atoms with Crippen molar-refractivity contribution in [3.8, 4) is 5.75 Å². The predicted molar refractivity (Wildman–Crippen MR) is 104 cm³/mol. The van der Waals surface area contributed by atoms with Gasteiger partial charge < -0.3 is 19.5 Å². The van der Waals surface area contributed by atoms with Crippen molar-refractivity contribution >= 4 is 23.2 Å². The molecule has 1 aliphatic rings. The molecule has 1 atom stereocenters. The Kier molecular flexibility index (Phi) is 7.51. The maximum absolute atomic E-state index is 5.97. The van der Waals surface area contributed by atoms with Crippen molar-refractivity contribution in [1.29, 1.82) is 0 Å². The van der Waals surface area contributed by atoms with Crippen LogP contribution in [-0.2, 0) is 9.47 Å². The predicted octanol–water partition coefficient (Wildman–Crippen LogP) is 4.11. The van der Waals surface area contributed by atoms with Crippen LogP contribution < -0.4 is 10.1 Å². The highest BCUT2D eigenvalue weighted by Gasteiger charge is 2.25. The van der Waals surface area contributed by atoms with Crippen LogP contribution >= 0.6 is 12.4 Å². The Morgan fingerprint density at radius 1 is 1.20 bits per heavy atom. The second-order valence-corrected chi connectivity index (χ2v) is 6.42. The summed E-state index contributed by atoms with van der Waals surface area (Å²) >= 11 is 0. The maximum atomic E-state index is 5.97. The van der Waals surface area contributed by atoms with Crippen LogP contribution in [-0.4, -0.2) is 39.2 Å². The lowest BCUT2D eigenvalue weighted by Crippen LogP contribution is -2.37. The third-order valence-corrected chi connectivity index (χ3v) is 4.63. The van der Waals surface area contributed by atoms with Crippen molar-refractivity contribution in [3.05, 3.63) is 42.0 Å². The number of fused-ring (bicyclic) bond motifs is 1. The van der Waals surface area contributed by atoms with E-state index in [1.807, 2.05) is 6.07 Å². The molecular weight excluding hydrogens is 338 g/mol. The molecule has 0 aliphatic carbocycles. The number of ether oxygens (including phenoxy) is 3. The molecule has 0 amide bonds. The lowest BCUT2D eigenvalue weighted by molar-refractivity contribution is -0.191. The van der Waals surface area contributed by atoms with Gasteiger partial charge in [-0.15, -0.1) is 12.4 Å². The molecule has 1 fully saturated rings. The Morgan fingerprint density at radius 2 is 1.96 bits per heavy atom. The Morgan fingerprint density at radius 3 is 2.64 bits per heavy atom. The third-order valence-electron chi connectivity index (χ3n) is 4.63. The molecule has 1 saturated heterocycles. The maximum Gasteiger partial charge on any atom is 0.159 e. The van der Waals surface area contributed by atoms with Gasteiger partial charge in [-0.3, -0.25) is 0 Å². The Balaban J connectivity index is 0.00000225. The molecule has 0 aromatic heterocycles. The second-order valence-electron chi connectivity index (χ2n) is 6.42. The number of halogens is 1. The van der Waals surface area contributed by atoms with Crippen LogP contribution in [0.4, 0.5) is 0 Å². The number of nitrogens with one attached hydrogen (secondary N) is 1. The van der Waals surface area contributed by atoms with Gasteiger partial charge in [-0.1, -0.05) is 31.2 Å². The SMILES string of the molecule is CCNC(C)CC1OCC(c2cccc3cc(OC)ccc23)CO1.Cl. The van der Waals surface area contributed by atoms with Gasteiger partial charge in [0.25, 0.3) is 0 Å². The van der Waals surface area contributed by atoms with E-state index in [-0.39, 0.29) is 24.6 Å². The fourth-order valence-corrected chi connectivity index (χ4v) is 3.35. The highest BCUT2D eigenvalue weighted by molar-refractivity contribution is 5.87. The van der Waals surface area contributed by atoms with Crippen molar-refractivity contribution in [2.75, 3.05) is 26.9 Å². The van der Waals surface area contributed by atoms with E-state index in [0.717, 1.165) is 18.7 Å². The topological polar surface area (TPSA) is 39.7 Å². The van der Waals surface area contributed by atoms with Crippen LogP contribution in [0.3, 0.4) is 0 Å². The monoisotopic (exact) mass is 365 g/mol. The first-order valence-electron chi connectivity index (χ1n) is 8.74. The zero-order chi connectivity index (χ0) is 16.9. The fourth-order valence-electron chi connectivity index (χ4n) is 3.35. The van der Waals surface area contributed by atoms with Gasteiger partial charge in [0.2, 0.25) is 0 Å². The number of benzene rings is 2. The van der Waals surface area contributed by atoms with Crippen molar-refractivity contribution in [1.82, 2.24) is 5.32 Å². The molecule has 25 heavy (non-hydrogen) atoms. The van der Waals surface area contributed by atoms with E-state index in [9.17, 15) is 0 Å². The lowest BCUT2D eigenvalue weighted by atomic mass is 9.94. The summed E-state index contributed by atoms with van der Waals surface area (Å²) in [6, 6.07) is 13.0. The number of hydrogen-bond acceptors (Lipinski definition) is 4. The molecule has 3 rings (SSSR count). The average molecular weight is 366 g/mol. The van der Waals surface area contributed by atoms with Gasteiger partial charge in [0.15, 0.2) is 6.29 Å². The van der Waals surface area contributed by atoms with E-state index >= 15 is 0 Å². The molecule has 0 bridgehead atoms. The van der Waals surface area contributed by atoms with Crippen LogP contribution in [0.15, 0.2) is 36.4 Å². The quantitative estimate of drug-likeness (QED) is 0.836. The number of hydrogen-bond donors (Lipinski definition) is 1. The summed E-state index contributed by atoms with van der Waals surface area (Å²) in [4.78, 5) is 0. The highest BCUT2D eigenvalue weighted by Crippen LogP contribution is 2.31. The molecule has 0 radical (unpaired) electrons. The van der Waals surface area contributed by atoms with E-state index in [1.165, 1.54) is 16.3 Å². The molecule has 0 spiro atoms. The minimum Gasteiger partial charge on any atom is -0.497 e. The third kappa shape index (κ3) is 4.85. The summed E-state index contributed by atoms with van der Waals surface area (Å²) in [5, 5.41) is 5.83. The van der Waals surface area contributed by atoms with Crippen molar-refractivity contribution in [2.24, 2.45) is 0 Å². The molecule has 1 unspecified atom stereocenters. The summed E-state index contributed by atoms with van der Waals surface area (Å²) in [5.41, 5.74) is 1.29. The number of methoxy groups -OCH3 is 1. The summed E-state index contributed by atoms with van der Waals surface area (Å²) in [5.74, 6) is 1.15. The van der Waals surface area contributed by atoms with Gasteiger partial charge in [0.1, 0.15) is 5.75 Å². The van der Waals surface area contributed by atoms with Crippen molar-refractivity contribution < 1.29 is 14.2 Å². The molecule has 0 saturated carbocycles. The van der Waals surface area contributed by atoms with Gasteiger partial charge in [-0.2, -0.15) is 0 Å². The van der Waals surface area contributed by atoms with Crippen LogP contribution in [0.5, 0.6) is 5.75 Å². The van der Waals surface area contributed by atoms with E-state index in [2.05, 4.69) is 49.5 Å². The molecule has 4 nitrogen and oxygen atoms in total. The molecule has 5 heteroatoms. The molecule has 1 aliphatic heterocycles. The van der Waals surface area contributed by atoms with Crippen LogP contribution in [0.1, 0.15) is 31.7 Å². The normalized spacial score (nSPS) is 21.6. The van der Waals surface area contributed by atoms with E-state index in [0.29, 0.717) is 19.3 Å². The van der Waals surface area contributed by atoms with Crippen LogP contribution in [0.2, 0.25) is 0 Å². The van der Waals surface area contributed by atoms with Crippen molar-refractivity contribution in [3.63, 3.8) is 0 Å². The minimum absolute atomic E-state index is 0. The van der Waals surface area contributed by atoms with Gasteiger partial charge in [-0.25, -0.2) is 0 Å². The first kappa shape index (κ1) is 20.0. The van der Waals surface area contributed by atoms with Gasteiger partial charge in [0, 0.05) is 18.4 Å². The average Bonchev–Trinajstić information content (AvgIpc) is 2.61. The summed E-state index contributed by atoms with van der Waals surface area (Å²) in [6.07, 6.45) is 0.776. The minimum atomic E-state index is -0.106. The van der Waals surface area contributed by atoms with Crippen LogP contribution in [0, 0.1) is 0 Å². The molecule has 2 aromatic carbocycles. The van der Waals surface area contributed by atoms with E-state index in [4.69, 9.17) is 14.2 Å². The molecular formula is C20H28ClNO3. The summed E-state index contributed by atoms with van der Waals surface area (Å²) < 4.78 is 17.3. The Labute approximate surface area is 156 Å². The first-order chi connectivity index (χ1) is 11.7. The molecule has 1 heterocycles. The molecule has 1 N–H and O–H groups in total. The summed E-state index contributed by atoms with van der Waals surface area (Å²) in [7, 11) is 1.70. The largest absolute Gasteiger partial charge is 0.497 e. The van der Waals surface area contributed by atoms with Gasteiger partial charge >= 0.3 is 0 Å². The van der Waals surface area contributed by atoms with Gasteiger partial charge in [0.05, 0.1) is 20.3 Å². The first-order valence-corrected chi connectivity index (χ1v) is 8.74. The Bertz CT molecular complexity index is 671. The second kappa shape index (κ2) is 9.39. The number of rotatable bonds is 6. The zero-order valence-electron chi connectivity index (χ0n) is 15.2. The smallest absolute Gasteiger partial charge is 0.159 e. The van der Waals surface area contributed by atoms with E-state index < -0.39 is 0 Å². The van der Waals surface area contributed by atoms with Crippen molar-refractivity contribution in [2.45, 2.75) is 38.5 Å². The Hall–Kier alpha value is -1.33. The van der Waals surface area contributed by atoms with Crippen LogP contribution in [0.25, 0.3) is 10.8 Å². The zero-order valence-corrected chi connectivity index (χ0v) is 16.0. The highest BCUT2D eigenvalue weighted by atomic mass is 35.5. The fraction of sp³-hybridized carbons (Fsp3) is 0.500. The van der Waals surface area contributed by atoms with E-state index in [1.54, 1.807) is 7.11 Å². The molecule has 2 aromatic rings.